The summed E-state index contributed by atoms with van der Waals surface area (Å²) in [5, 5.41) is 3.40. The monoisotopic (exact) mass is 560 g/mol. The van der Waals surface area contributed by atoms with Gasteiger partial charge in [0.25, 0.3) is 5.91 Å². The van der Waals surface area contributed by atoms with Gasteiger partial charge in [0.1, 0.15) is 5.75 Å². The van der Waals surface area contributed by atoms with Crippen LogP contribution < -0.4 is 19.9 Å². The first-order valence-electron chi connectivity index (χ1n) is 13.6. The molecule has 0 aromatic heterocycles. The summed E-state index contributed by atoms with van der Waals surface area (Å²) in [5.41, 5.74) is 3.04. The first-order valence-corrected chi connectivity index (χ1v) is 13.9. The Bertz CT molecular complexity index is 1380. The van der Waals surface area contributed by atoms with E-state index >= 15 is 0 Å². The minimum absolute atomic E-state index is 0.0262. The molecular formula is C31H33ClN4O4. The number of ether oxygens (including phenoxy) is 1. The maximum Gasteiger partial charge on any atom is 0.317 e. The zero-order chi connectivity index (χ0) is 28.2. The van der Waals surface area contributed by atoms with Crippen molar-refractivity contribution in [1.29, 1.82) is 0 Å². The Morgan fingerprint density at radius 3 is 2.45 bits per heavy atom. The number of benzene rings is 3. The summed E-state index contributed by atoms with van der Waals surface area (Å²) < 4.78 is 5.84. The van der Waals surface area contributed by atoms with Crippen LogP contribution in [-0.4, -0.2) is 55.0 Å². The third-order valence-electron chi connectivity index (χ3n) is 7.42. The van der Waals surface area contributed by atoms with E-state index in [0.717, 1.165) is 29.9 Å². The van der Waals surface area contributed by atoms with Crippen molar-refractivity contribution in [3.8, 4) is 5.75 Å². The van der Waals surface area contributed by atoms with Crippen molar-refractivity contribution in [2.24, 2.45) is 0 Å². The van der Waals surface area contributed by atoms with Gasteiger partial charge in [0.15, 0.2) is 0 Å². The fourth-order valence-corrected chi connectivity index (χ4v) is 5.65. The Balaban J connectivity index is 1.31. The van der Waals surface area contributed by atoms with Gasteiger partial charge in [-0.2, -0.15) is 0 Å². The van der Waals surface area contributed by atoms with Gasteiger partial charge >= 0.3 is 6.03 Å². The third kappa shape index (κ3) is 5.77. The van der Waals surface area contributed by atoms with Gasteiger partial charge in [-0.25, -0.2) is 4.79 Å². The first-order chi connectivity index (χ1) is 19.3. The molecule has 9 heteroatoms. The lowest BCUT2D eigenvalue weighted by atomic mass is 9.89. The molecule has 0 aliphatic carbocycles. The molecule has 1 saturated heterocycles. The number of hydrogen-bond acceptors (Lipinski definition) is 4. The largest absolute Gasteiger partial charge is 0.494 e. The molecule has 3 aromatic rings. The Morgan fingerprint density at radius 2 is 1.77 bits per heavy atom. The second-order valence-electron chi connectivity index (χ2n) is 10.1. The number of fused-ring (bicyclic) bond motifs is 1. The van der Waals surface area contributed by atoms with Gasteiger partial charge in [0, 0.05) is 54.6 Å². The summed E-state index contributed by atoms with van der Waals surface area (Å²) >= 11 is 6.10. The van der Waals surface area contributed by atoms with Crippen molar-refractivity contribution in [3.63, 3.8) is 0 Å². The fourth-order valence-electron chi connectivity index (χ4n) is 5.52. The van der Waals surface area contributed by atoms with Crippen LogP contribution in [-0.2, 0) is 4.79 Å². The van der Waals surface area contributed by atoms with Crippen LogP contribution in [0, 0.1) is 0 Å². The molecular weight excluding hydrogens is 528 g/mol. The molecule has 1 fully saturated rings. The molecule has 5 rings (SSSR count). The number of para-hydroxylation sites is 1. The highest BCUT2D eigenvalue weighted by atomic mass is 35.5. The predicted octanol–water partition coefficient (Wildman–Crippen LogP) is 5.67. The lowest BCUT2D eigenvalue weighted by molar-refractivity contribution is -0.117. The number of nitrogens with one attached hydrogen (secondary N) is 1. The van der Waals surface area contributed by atoms with Gasteiger partial charge in [0.05, 0.1) is 12.6 Å². The highest BCUT2D eigenvalue weighted by Crippen LogP contribution is 2.43. The van der Waals surface area contributed by atoms with Crippen LogP contribution in [0.4, 0.5) is 16.2 Å². The molecule has 2 heterocycles. The summed E-state index contributed by atoms with van der Waals surface area (Å²) in [4.78, 5) is 43.7. The molecule has 0 bridgehead atoms. The number of nitrogens with zero attached hydrogens (tertiary/aromatic N) is 3. The highest BCUT2D eigenvalue weighted by Gasteiger charge is 2.38. The van der Waals surface area contributed by atoms with Crippen LogP contribution in [0.1, 0.15) is 48.7 Å². The number of amides is 4. The van der Waals surface area contributed by atoms with Crippen LogP contribution in [0.5, 0.6) is 5.75 Å². The summed E-state index contributed by atoms with van der Waals surface area (Å²) in [6, 6.07) is 21.8. The molecule has 1 N–H and O–H groups in total. The number of halogens is 1. The number of carbonyl (C=O) groups is 3. The fraction of sp³-hybridized carbons (Fsp3) is 0.323. The van der Waals surface area contributed by atoms with E-state index in [-0.39, 0.29) is 29.9 Å². The predicted molar refractivity (Wildman–Crippen MR) is 156 cm³/mol. The van der Waals surface area contributed by atoms with Crippen molar-refractivity contribution in [1.82, 2.24) is 10.2 Å². The van der Waals surface area contributed by atoms with E-state index < -0.39 is 0 Å². The molecule has 208 valence electrons. The van der Waals surface area contributed by atoms with E-state index in [9.17, 15) is 14.4 Å². The normalized spacial score (nSPS) is 18.2. The Hall–Kier alpha value is -4.04. The van der Waals surface area contributed by atoms with Gasteiger partial charge in [0.2, 0.25) is 5.91 Å². The SMILES string of the molecule is CC(=O)N(c1ccc(Cl)cc1)C1CC(C)N(C(=O)c2ccc(OCCCN3CCNC3=O)cc2)c2ccccc21. The molecule has 3 aromatic carbocycles. The summed E-state index contributed by atoms with van der Waals surface area (Å²) in [5.74, 6) is 0.494. The van der Waals surface area contributed by atoms with Gasteiger partial charge in [-0.3, -0.25) is 9.59 Å². The highest BCUT2D eigenvalue weighted by molar-refractivity contribution is 6.30. The van der Waals surface area contributed by atoms with Crippen LogP contribution in [0.25, 0.3) is 0 Å². The second kappa shape index (κ2) is 12.0. The number of anilines is 2. The van der Waals surface area contributed by atoms with E-state index in [1.165, 1.54) is 0 Å². The van der Waals surface area contributed by atoms with E-state index in [1.54, 1.807) is 53.1 Å². The number of urea groups is 1. The van der Waals surface area contributed by atoms with Crippen molar-refractivity contribution in [2.75, 3.05) is 36.0 Å². The second-order valence-corrected chi connectivity index (χ2v) is 10.6. The van der Waals surface area contributed by atoms with Crippen LogP contribution in [0.2, 0.25) is 5.02 Å². The van der Waals surface area contributed by atoms with Crippen molar-refractivity contribution in [2.45, 2.75) is 38.8 Å². The first kappa shape index (κ1) is 27.5. The molecule has 0 saturated carbocycles. The number of carbonyl (C=O) groups excluding carboxylic acids is 3. The van der Waals surface area contributed by atoms with Crippen LogP contribution >= 0.6 is 11.6 Å². The number of rotatable bonds is 8. The third-order valence-corrected chi connectivity index (χ3v) is 7.67. The van der Waals surface area contributed by atoms with Gasteiger partial charge in [-0.15, -0.1) is 0 Å². The topological polar surface area (TPSA) is 82.2 Å². The van der Waals surface area contributed by atoms with E-state index in [1.807, 2.05) is 48.2 Å². The summed E-state index contributed by atoms with van der Waals surface area (Å²) in [7, 11) is 0. The van der Waals surface area contributed by atoms with Crippen LogP contribution in [0.3, 0.4) is 0 Å². The van der Waals surface area contributed by atoms with Crippen LogP contribution in [0.15, 0.2) is 72.8 Å². The molecule has 4 amide bonds. The summed E-state index contributed by atoms with van der Waals surface area (Å²) in [6.07, 6.45) is 1.31. The van der Waals surface area contributed by atoms with E-state index in [4.69, 9.17) is 16.3 Å². The molecule has 0 radical (unpaired) electrons. The Morgan fingerprint density at radius 1 is 1.05 bits per heavy atom. The van der Waals surface area contributed by atoms with Crippen molar-refractivity contribution in [3.05, 3.63) is 88.9 Å². The Labute approximate surface area is 239 Å². The van der Waals surface area contributed by atoms with Gasteiger partial charge < -0.3 is 24.8 Å². The molecule has 40 heavy (non-hydrogen) atoms. The average Bonchev–Trinajstić information content (AvgIpc) is 3.36. The molecule has 0 spiro atoms. The smallest absolute Gasteiger partial charge is 0.317 e. The van der Waals surface area contributed by atoms with Gasteiger partial charge in [-0.1, -0.05) is 29.8 Å². The standard InChI is InChI=1S/C31H33ClN4O4/c1-21-20-29(36(22(2)37)25-12-10-24(32)11-13-25)27-6-3-4-7-28(27)35(21)30(38)23-8-14-26(15-9-23)40-19-5-17-34-18-16-33-31(34)39/h3-4,6-15,21,29H,5,16-20H2,1-2H3,(H,33,39). The lowest BCUT2D eigenvalue weighted by Crippen LogP contribution is -2.47. The zero-order valence-electron chi connectivity index (χ0n) is 22.7. The molecule has 2 aliphatic heterocycles. The minimum Gasteiger partial charge on any atom is -0.494 e. The molecule has 8 nitrogen and oxygen atoms in total. The van der Waals surface area contributed by atoms with E-state index in [2.05, 4.69) is 5.32 Å². The van der Waals surface area contributed by atoms with Crippen molar-refractivity contribution < 1.29 is 19.1 Å². The Kier molecular flexibility index (Phi) is 8.26. The molecule has 2 unspecified atom stereocenters. The maximum absolute atomic E-state index is 13.8. The zero-order valence-corrected chi connectivity index (χ0v) is 23.4. The number of hydrogen-bond donors (Lipinski definition) is 1. The molecule has 2 atom stereocenters. The van der Waals surface area contributed by atoms with E-state index in [0.29, 0.717) is 42.5 Å². The lowest BCUT2D eigenvalue weighted by Gasteiger charge is -2.43. The van der Waals surface area contributed by atoms with Crippen molar-refractivity contribution >= 4 is 40.8 Å². The maximum atomic E-state index is 13.8. The quantitative estimate of drug-likeness (QED) is 0.360. The molecule has 2 aliphatic rings. The summed E-state index contributed by atoms with van der Waals surface area (Å²) in [6.45, 7) is 6.12. The minimum atomic E-state index is -0.226. The average molecular weight is 561 g/mol. The van der Waals surface area contributed by atoms with Gasteiger partial charge in [-0.05, 0) is 79.9 Å².